The molecule has 1 aliphatic rings. The van der Waals surface area contributed by atoms with E-state index in [0.29, 0.717) is 12.5 Å². The van der Waals surface area contributed by atoms with E-state index in [9.17, 15) is 0 Å². The van der Waals surface area contributed by atoms with Crippen molar-refractivity contribution in [2.24, 2.45) is 10.7 Å². The maximum Gasteiger partial charge on any atom is 0.193 e. The van der Waals surface area contributed by atoms with Gasteiger partial charge in [0.25, 0.3) is 0 Å². The number of rotatable bonds is 4. The summed E-state index contributed by atoms with van der Waals surface area (Å²) in [4.78, 5) is 8.78. The van der Waals surface area contributed by atoms with Gasteiger partial charge in [0.2, 0.25) is 0 Å². The second-order valence-electron chi connectivity index (χ2n) is 5.99. The first-order chi connectivity index (χ1) is 11.3. The number of benzene rings is 1. The van der Waals surface area contributed by atoms with Gasteiger partial charge in [-0.15, -0.1) is 24.0 Å². The van der Waals surface area contributed by atoms with Crippen molar-refractivity contribution < 1.29 is 0 Å². The van der Waals surface area contributed by atoms with Crippen LogP contribution in [0.15, 0.2) is 41.5 Å². The van der Waals surface area contributed by atoms with Crippen LogP contribution in [0.25, 0.3) is 0 Å². The first-order valence-corrected chi connectivity index (χ1v) is 8.38. The Bertz CT molecular complexity index is 712. The zero-order valence-electron chi connectivity index (χ0n) is 14.1. The molecule has 4 nitrogen and oxygen atoms in total. The van der Waals surface area contributed by atoms with Crippen LogP contribution < -0.4 is 11.1 Å². The topological polar surface area (TPSA) is 63.3 Å². The smallest absolute Gasteiger partial charge is 0.193 e. The molecule has 1 aliphatic carbocycles. The average Bonchev–Trinajstić information content (AvgIpc) is 2.60. The summed E-state index contributed by atoms with van der Waals surface area (Å²) >= 11 is 0. The minimum absolute atomic E-state index is 0. The fraction of sp³-hybridized carbons (Fsp3) is 0.368. The summed E-state index contributed by atoms with van der Waals surface area (Å²) < 4.78 is 0. The van der Waals surface area contributed by atoms with Crippen LogP contribution in [0.1, 0.15) is 42.1 Å². The van der Waals surface area contributed by atoms with Crippen LogP contribution in [0.5, 0.6) is 0 Å². The molecule has 0 unspecified atom stereocenters. The maximum atomic E-state index is 6.07. The summed E-state index contributed by atoms with van der Waals surface area (Å²) in [6.07, 6.45) is 7.64. The number of hydrogen-bond acceptors (Lipinski definition) is 2. The number of aromatic nitrogens is 1. The fourth-order valence-electron chi connectivity index (χ4n) is 3.08. The molecule has 0 aliphatic heterocycles. The van der Waals surface area contributed by atoms with Crippen molar-refractivity contribution in [2.75, 3.05) is 5.32 Å². The Balaban J connectivity index is 0.00000208. The summed E-state index contributed by atoms with van der Waals surface area (Å²) in [6, 6.07) is 10.5. The summed E-state index contributed by atoms with van der Waals surface area (Å²) in [6.45, 7) is 2.64. The van der Waals surface area contributed by atoms with Gasteiger partial charge in [0.15, 0.2) is 5.96 Å². The van der Waals surface area contributed by atoms with Gasteiger partial charge in [-0.05, 0) is 67.0 Å². The minimum atomic E-state index is 0. The van der Waals surface area contributed by atoms with Gasteiger partial charge in [0.1, 0.15) is 0 Å². The van der Waals surface area contributed by atoms with Crippen LogP contribution in [-0.2, 0) is 25.8 Å². The van der Waals surface area contributed by atoms with Gasteiger partial charge in [-0.1, -0.05) is 19.1 Å². The number of anilines is 1. The molecular formula is C19H25IN4. The van der Waals surface area contributed by atoms with Crippen molar-refractivity contribution in [2.45, 2.75) is 45.6 Å². The first kappa shape index (κ1) is 18.7. The molecule has 0 fully saturated rings. The van der Waals surface area contributed by atoms with Crippen LogP contribution >= 0.6 is 24.0 Å². The SMILES string of the molecule is CCc1ccnc(CN=C(N)Nc2cccc3c2CCCC3)c1.I. The molecule has 0 radical (unpaired) electrons. The highest BCUT2D eigenvalue weighted by atomic mass is 127. The van der Waals surface area contributed by atoms with Gasteiger partial charge in [0.05, 0.1) is 12.2 Å². The van der Waals surface area contributed by atoms with E-state index in [2.05, 4.69) is 46.5 Å². The molecule has 0 saturated heterocycles. The molecule has 0 amide bonds. The second-order valence-corrected chi connectivity index (χ2v) is 5.99. The predicted octanol–water partition coefficient (Wildman–Crippen LogP) is 4.07. The monoisotopic (exact) mass is 436 g/mol. The highest BCUT2D eigenvalue weighted by molar-refractivity contribution is 14.0. The summed E-state index contributed by atoms with van der Waals surface area (Å²) in [5, 5.41) is 3.27. The van der Waals surface area contributed by atoms with Crippen LogP contribution in [-0.4, -0.2) is 10.9 Å². The molecule has 24 heavy (non-hydrogen) atoms. The molecule has 1 heterocycles. The Kier molecular flexibility index (Phi) is 7.02. The van der Waals surface area contributed by atoms with E-state index in [1.165, 1.54) is 29.5 Å². The molecule has 1 aromatic carbocycles. The molecule has 128 valence electrons. The van der Waals surface area contributed by atoms with Gasteiger partial charge >= 0.3 is 0 Å². The van der Waals surface area contributed by atoms with Crippen molar-refractivity contribution >= 4 is 35.6 Å². The molecule has 0 atom stereocenters. The van der Waals surface area contributed by atoms with Crippen molar-refractivity contribution in [3.63, 3.8) is 0 Å². The Morgan fingerprint density at radius 1 is 1.25 bits per heavy atom. The van der Waals surface area contributed by atoms with E-state index < -0.39 is 0 Å². The van der Waals surface area contributed by atoms with Gasteiger partial charge in [-0.2, -0.15) is 0 Å². The Morgan fingerprint density at radius 3 is 2.92 bits per heavy atom. The number of nitrogens with zero attached hydrogens (tertiary/aromatic N) is 2. The molecule has 3 N–H and O–H groups in total. The molecule has 0 saturated carbocycles. The number of guanidine groups is 1. The Hall–Kier alpha value is -1.63. The minimum Gasteiger partial charge on any atom is -0.370 e. The van der Waals surface area contributed by atoms with E-state index in [0.717, 1.165) is 30.6 Å². The summed E-state index contributed by atoms with van der Waals surface area (Å²) in [7, 11) is 0. The molecule has 1 aromatic heterocycles. The molecular weight excluding hydrogens is 411 g/mol. The molecule has 3 rings (SSSR count). The number of nitrogens with one attached hydrogen (secondary N) is 1. The normalized spacial score (nSPS) is 13.8. The number of pyridine rings is 1. The Labute approximate surface area is 161 Å². The van der Waals surface area contributed by atoms with Crippen LogP contribution in [0.3, 0.4) is 0 Å². The van der Waals surface area contributed by atoms with Crippen LogP contribution in [0, 0.1) is 0 Å². The number of aryl methyl sites for hydroxylation is 2. The number of hydrogen-bond donors (Lipinski definition) is 2. The number of nitrogens with two attached hydrogens (primary N) is 1. The van der Waals surface area contributed by atoms with Crippen molar-refractivity contribution in [1.29, 1.82) is 0 Å². The Morgan fingerprint density at radius 2 is 2.08 bits per heavy atom. The third kappa shape index (κ3) is 4.69. The van der Waals surface area contributed by atoms with Crippen molar-refractivity contribution in [3.8, 4) is 0 Å². The summed E-state index contributed by atoms with van der Waals surface area (Å²) in [5.41, 5.74) is 12.2. The fourth-order valence-corrected chi connectivity index (χ4v) is 3.08. The van der Waals surface area contributed by atoms with E-state index in [-0.39, 0.29) is 24.0 Å². The lowest BCUT2D eigenvalue weighted by molar-refractivity contribution is 0.687. The summed E-state index contributed by atoms with van der Waals surface area (Å²) in [5.74, 6) is 0.452. The lowest BCUT2D eigenvalue weighted by atomic mass is 9.90. The van der Waals surface area contributed by atoms with E-state index in [1.54, 1.807) is 0 Å². The first-order valence-electron chi connectivity index (χ1n) is 8.38. The molecule has 5 heteroatoms. The zero-order valence-corrected chi connectivity index (χ0v) is 16.4. The third-order valence-electron chi connectivity index (χ3n) is 4.36. The largest absolute Gasteiger partial charge is 0.370 e. The lowest BCUT2D eigenvalue weighted by Gasteiger charge is -2.19. The lowest BCUT2D eigenvalue weighted by Crippen LogP contribution is -2.24. The van der Waals surface area contributed by atoms with Crippen molar-refractivity contribution in [1.82, 2.24) is 4.98 Å². The highest BCUT2D eigenvalue weighted by Crippen LogP contribution is 2.27. The average molecular weight is 436 g/mol. The van der Waals surface area contributed by atoms with Gasteiger partial charge in [-0.3, -0.25) is 4.98 Å². The standard InChI is InChI=1S/C19H24N4.HI/c1-2-14-10-11-21-16(12-14)13-22-19(20)23-18-9-5-7-15-6-3-4-8-17(15)18;/h5,7,9-12H,2-4,6,8,13H2,1H3,(H3,20,22,23);1H. The predicted molar refractivity (Wildman–Crippen MR) is 111 cm³/mol. The molecule has 0 spiro atoms. The van der Waals surface area contributed by atoms with Crippen LogP contribution in [0.2, 0.25) is 0 Å². The molecule has 0 bridgehead atoms. The van der Waals surface area contributed by atoms with E-state index >= 15 is 0 Å². The van der Waals surface area contributed by atoms with Crippen molar-refractivity contribution in [3.05, 3.63) is 58.9 Å². The van der Waals surface area contributed by atoms with Gasteiger partial charge in [0, 0.05) is 11.9 Å². The highest BCUT2D eigenvalue weighted by Gasteiger charge is 2.13. The number of halogens is 1. The third-order valence-corrected chi connectivity index (χ3v) is 4.36. The quantitative estimate of drug-likeness (QED) is 0.432. The van der Waals surface area contributed by atoms with Crippen LogP contribution in [0.4, 0.5) is 5.69 Å². The van der Waals surface area contributed by atoms with E-state index in [1.807, 2.05) is 12.3 Å². The number of aliphatic imine (C=N–C) groups is 1. The molecule has 2 aromatic rings. The second kappa shape index (κ2) is 9.01. The number of fused-ring (bicyclic) bond motifs is 1. The zero-order chi connectivity index (χ0) is 16.1. The maximum absolute atomic E-state index is 6.07. The van der Waals surface area contributed by atoms with Gasteiger partial charge < -0.3 is 11.1 Å². The van der Waals surface area contributed by atoms with Gasteiger partial charge in [-0.25, -0.2) is 4.99 Å². The van der Waals surface area contributed by atoms with E-state index in [4.69, 9.17) is 5.73 Å².